The second-order valence-corrected chi connectivity index (χ2v) is 8.06. The molecule has 1 saturated carbocycles. The Hall–Kier alpha value is -1.59. The maximum Gasteiger partial charge on any atom is 0.324 e. The molecule has 1 unspecified atom stereocenters. The van der Waals surface area contributed by atoms with Crippen molar-refractivity contribution in [3.63, 3.8) is 0 Å². The highest BCUT2D eigenvalue weighted by Crippen LogP contribution is 2.42. The van der Waals surface area contributed by atoms with Crippen LogP contribution in [0.25, 0.3) is 0 Å². The van der Waals surface area contributed by atoms with Gasteiger partial charge in [-0.3, -0.25) is 14.4 Å². The highest BCUT2D eigenvalue weighted by Gasteiger charge is 2.53. The Labute approximate surface area is 156 Å². The molecule has 1 rings (SSSR count). The van der Waals surface area contributed by atoms with E-state index in [2.05, 4.69) is 0 Å². The van der Waals surface area contributed by atoms with Crippen LogP contribution in [0.1, 0.15) is 79.6 Å². The van der Waals surface area contributed by atoms with Crippen LogP contribution in [-0.2, 0) is 28.6 Å². The van der Waals surface area contributed by atoms with E-state index in [-0.39, 0.29) is 32.0 Å². The van der Waals surface area contributed by atoms with Crippen molar-refractivity contribution in [3.8, 4) is 0 Å². The molecule has 0 aromatic heterocycles. The predicted molar refractivity (Wildman–Crippen MR) is 97.4 cm³/mol. The first-order valence-electron chi connectivity index (χ1n) is 9.71. The molecule has 0 aromatic rings. The lowest BCUT2D eigenvalue weighted by molar-refractivity contribution is -0.186. The maximum absolute atomic E-state index is 13.0. The quantitative estimate of drug-likeness (QED) is 0.252. The fourth-order valence-electron chi connectivity index (χ4n) is 2.94. The number of hydrogen-bond donors (Lipinski definition) is 0. The molecule has 0 aliphatic heterocycles. The number of rotatable bonds is 10. The summed E-state index contributed by atoms with van der Waals surface area (Å²) in [5.74, 6) is -1.72. The van der Waals surface area contributed by atoms with Crippen LogP contribution in [0.4, 0.5) is 0 Å². The standard InChI is InChI=1S/C20H34O6/c1-6-8-12-25-17(22)20(13-15-10-9-11-15,14-16(21)24-7-2)18(23)26-19(3,4)5/h15H,6-14H2,1-5H3. The van der Waals surface area contributed by atoms with Gasteiger partial charge in [-0.15, -0.1) is 0 Å². The number of hydrogen-bond acceptors (Lipinski definition) is 6. The molecule has 6 nitrogen and oxygen atoms in total. The third-order valence-electron chi connectivity index (χ3n) is 4.52. The zero-order chi connectivity index (χ0) is 19.8. The second kappa shape index (κ2) is 9.93. The Balaban J connectivity index is 3.13. The monoisotopic (exact) mass is 370 g/mol. The van der Waals surface area contributed by atoms with E-state index in [1.54, 1.807) is 27.7 Å². The van der Waals surface area contributed by atoms with Crippen molar-refractivity contribution in [3.05, 3.63) is 0 Å². The smallest absolute Gasteiger partial charge is 0.324 e. The van der Waals surface area contributed by atoms with Crippen molar-refractivity contribution in [2.45, 2.75) is 85.2 Å². The lowest BCUT2D eigenvalue weighted by Crippen LogP contribution is -2.48. The van der Waals surface area contributed by atoms with Crippen LogP contribution in [-0.4, -0.2) is 36.7 Å². The minimum Gasteiger partial charge on any atom is -0.466 e. The molecule has 0 aromatic carbocycles. The molecule has 0 radical (unpaired) electrons. The Morgan fingerprint density at radius 1 is 1.00 bits per heavy atom. The molecule has 1 atom stereocenters. The molecule has 0 spiro atoms. The van der Waals surface area contributed by atoms with Crippen LogP contribution < -0.4 is 0 Å². The molecule has 1 aliphatic rings. The fourth-order valence-corrected chi connectivity index (χ4v) is 2.94. The molecule has 0 heterocycles. The number of unbranched alkanes of at least 4 members (excludes halogenated alkanes) is 1. The van der Waals surface area contributed by atoms with Gasteiger partial charge < -0.3 is 14.2 Å². The third kappa shape index (κ3) is 6.61. The van der Waals surface area contributed by atoms with Crippen LogP contribution >= 0.6 is 0 Å². The Kier molecular flexibility index (Phi) is 8.57. The van der Waals surface area contributed by atoms with Crippen LogP contribution in [0.5, 0.6) is 0 Å². The number of esters is 3. The summed E-state index contributed by atoms with van der Waals surface area (Å²) in [5.41, 5.74) is -2.39. The van der Waals surface area contributed by atoms with E-state index in [0.29, 0.717) is 6.42 Å². The molecular weight excluding hydrogens is 336 g/mol. The minimum absolute atomic E-state index is 0.192. The summed E-state index contributed by atoms with van der Waals surface area (Å²) in [7, 11) is 0. The molecule has 0 N–H and O–H groups in total. The number of carbonyl (C=O) groups excluding carboxylic acids is 3. The van der Waals surface area contributed by atoms with Gasteiger partial charge in [0.1, 0.15) is 5.60 Å². The maximum atomic E-state index is 13.0. The van der Waals surface area contributed by atoms with E-state index in [9.17, 15) is 14.4 Å². The lowest BCUT2D eigenvalue weighted by Gasteiger charge is -2.37. The van der Waals surface area contributed by atoms with Crippen molar-refractivity contribution in [2.24, 2.45) is 11.3 Å². The van der Waals surface area contributed by atoms with Gasteiger partial charge in [0.2, 0.25) is 0 Å². The zero-order valence-electron chi connectivity index (χ0n) is 16.9. The van der Waals surface area contributed by atoms with E-state index < -0.39 is 28.9 Å². The summed E-state index contributed by atoms with van der Waals surface area (Å²) >= 11 is 0. The topological polar surface area (TPSA) is 78.9 Å². The Bertz CT molecular complexity index is 489. The Morgan fingerprint density at radius 3 is 2.12 bits per heavy atom. The van der Waals surface area contributed by atoms with Gasteiger partial charge in [-0.05, 0) is 46.5 Å². The van der Waals surface area contributed by atoms with E-state index in [1.165, 1.54) is 0 Å². The molecule has 6 heteroatoms. The summed E-state index contributed by atoms with van der Waals surface area (Å²) in [6, 6.07) is 0. The van der Waals surface area contributed by atoms with Crippen molar-refractivity contribution in [1.82, 2.24) is 0 Å². The average Bonchev–Trinajstić information content (AvgIpc) is 2.48. The molecule has 150 valence electrons. The van der Waals surface area contributed by atoms with Crippen LogP contribution in [0.3, 0.4) is 0 Å². The predicted octanol–water partition coefficient (Wildman–Crippen LogP) is 3.80. The first-order valence-corrected chi connectivity index (χ1v) is 9.71. The normalized spacial score (nSPS) is 17.0. The van der Waals surface area contributed by atoms with E-state index in [0.717, 1.165) is 25.7 Å². The van der Waals surface area contributed by atoms with Crippen LogP contribution in [0.15, 0.2) is 0 Å². The van der Waals surface area contributed by atoms with E-state index in [1.807, 2.05) is 6.92 Å². The van der Waals surface area contributed by atoms with Crippen molar-refractivity contribution >= 4 is 17.9 Å². The van der Waals surface area contributed by atoms with E-state index >= 15 is 0 Å². The van der Waals surface area contributed by atoms with Crippen molar-refractivity contribution in [2.75, 3.05) is 13.2 Å². The zero-order valence-corrected chi connectivity index (χ0v) is 16.9. The van der Waals surface area contributed by atoms with Gasteiger partial charge in [-0.25, -0.2) is 0 Å². The lowest BCUT2D eigenvalue weighted by atomic mass is 9.70. The largest absolute Gasteiger partial charge is 0.466 e. The highest BCUT2D eigenvalue weighted by atomic mass is 16.6. The highest BCUT2D eigenvalue weighted by molar-refractivity contribution is 6.03. The number of carbonyl (C=O) groups is 3. The van der Waals surface area contributed by atoms with Gasteiger partial charge in [-0.2, -0.15) is 0 Å². The summed E-state index contributed by atoms with van der Waals surface area (Å²) in [5, 5.41) is 0. The second-order valence-electron chi connectivity index (χ2n) is 8.06. The third-order valence-corrected chi connectivity index (χ3v) is 4.52. The summed E-state index contributed by atoms with van der Waals surface area (Å²) in [6.45, 7) is 9.33. The van der Waals surface area contributed by atoms with E-state index in [4.69, 9.17) is 14.2 Å². The van der Waals surface area contributed by atoms with Gasteiger partial charge in [0.15, 0.2) is 5.41 Å². The molecule has 0 amide bonds. The molecular formula is C20H34O6. The van der Waals surface area contributed by atoms with Gasteiger partial charge in [0.25, 0.3) is 0 Å². The van der Waals surface area contributed by atoms with Gasteiger partial charge in [0, 0.05) is 0 Å². The summed E-state index contributed by atoms with van der Waals surface area (Å²) in [4.78, 5) is 38.2. The van der Waals surface area contributed by atoms with Gasteiger partial charge in [0.05, 0.1) is 19.6 Å². The van der Waals surface area contributed by atoms with Crippen molar-refractivity contribution < 1.29 is 28.6 Å². The number of ether oxygens (including phenoxy) is 3. The van der Waals surface area contributed by atoms with Gasteiger partial charge in [-0.1, -0.05) is 32.6 Å². The first kappa shape index (κ1) is 22.5. The minimum atomic E-state index is -1.63. The molecule has 0 saturated heterocycles. The molecule has 1 aliphatic carbocycles. The van der Waals surface area contributed by atoms with Crippen LogP contribution in [0.2, 0.25) is 0 Å². The van der Waals surface area contributed by atoms with Crippen molar-refractivity contribution in [1.29, 1.82) is 0 Å². The first-order chi connectivity index (χ1) is 12.1. The fraction of sp³-hybridized carbons (Fsp3) is 0.850. The average molecular weight is 370 g/mol. The van der Waals surface area contributed by atoms with Gasteiger partial charge >= 0.3 is 17.9 Å². The van der Waals surface area contributed by atoms with Crippen LogP contribution in [0, 0.1) is 11.3 Å². The molecule has 0 bridgehead atoms. The molecule has 26 heavy (non-hydrogen) atoms. The summed E-state index contributed by atoms with van der Waals surface area (Å²) < 4.78 is 15.9. The Morgan fingerprint density at radius 2 is 1.65 bits per heavy atom. The molecule has 1 fully saturated rings. The summed E-state index contributed by atoms with van der Waals surface area (Å²) in [6.07, 6.45) is 4.46. The SMILES string of the molecule is CCCCOC(=O)C(CC(=O)OCC)(CC1CCC1)C(=O)OC(C)(C)C.